The average Bonchev–Trinajstić information content (AvgIpc) is 2.15. The van der Waals surface area contributed by atoms with Gasteiger partial charge in [0.2, 0.25) is 0 Å². The molecule has 0 saturated heterocycles. The quantitative estimate of drug-likeness (QED) is 0.813. The summed E-state index contributed by atoms with van der Waals surface area (Å²) in [6.45, 7) is 3.79. The SMILES string of the molecule is Cc1cnccc1N(CCN)C1CCC1. The molecule has 0 aliphatic heterocycles. The maximum atomic E-state index is 5.68. The van der Waals surface area contributed by atoms with Gasteiger partial charge in [-0.15, -0.1) is 0 Å². The number of pyridine rings is 1. The minimum Gasteiger partial charge on any atom is -0.367 e. The largest absolute Gasteiger partial charge is 0.367 e. The zero-order chi connectivity index (χ0) is 10.7. The molecule has 2 N–H and O–H groups in total. The van der Waals surface area contributed by atoms with Crippen LogP contribution >= 0.6 is 0 Å². The van der Waals surface area contributed by atoms with E-state index in [1.165, 1.54) is 30.5 Å². The standard InChI is InChI=1S/C12H19N3/c1-10-9-14-7-5-12(10)15(8-6-13)11-3-2-4-11/h5,7,9,11H,2-4,6,8,13H2,1H3. The highest BCUT2D eigenvalue weighted by molar-refractivity contribution is 5.52. The highest BCUT2D eigenvalue weighted by atomic mass is 15.2. The lowest BCUT2D eigenvalue weighted by molar-refractivity contribution is 0.387. The number of nitrogens with zero attached hydrogens (tertiary/aromatic N) is 2. The van der Waals surface area contributed by atoms with E-state index in [1.54, 1.807) is 0 Å². The van der Waals surface area contributed by atoms with Crippen LogP contribution in [0.15, 0.2) is 18.5 Å². The molecule has 0 radical (unpaired) electrons. The summed E-state index contributed by atoms with van der Waals surface area (Å²) in [5.74, 6) is 0. The van der Waals surface area contributed by atoms with E-state index < -0.39 is 0 Å². The van der Waals surface area contributed by atoms with Gasteiger partial charge in [0, 0.05) is 37.2 Å². The molecule has 0 spiro atoms. The lowest BCUT2D eigenvalue weighted by Crippen LogP contribution is -2.43. The number of anilines is 1. The second-order valence-electron chi connectivity index (χ2n) is 4.23. The fraction of sp³-hybridized carbons (Fsp3) is 0.583. The van der Waals surface area contributed by atoms with Crippen molar-refractivity contribution in [3.05, 3.63) is 24.0 Å². The molecule has 82 valence electrons. The molecule has 3 nitrogen and oxygen atoms in total. The van der Waals surface area contributed by atoms with Gasteiger partial charge >= 0.3 is 0 Å². The summed E-state index contributed by atoms with van der Waals surface area (Å²) in [5.41, 5.74) is 8.23. The molecule has 1 fully saturated rings. The molecule has 15 heavy (non-hydrogen) atoms. The first-order valence-electron chi connectivity index (χ1n) is 5.70. The zero-order valence-electron chi connectivity index (χ0n) is 9.32. The molecular weight excluding hydrogens is 186 g/mol. The minimum atomic E-state index is 0.703. The molecule has 0 atom stereocenters. The summed E-state index contributed by atoms with van der Waals surface area (Å²) in [6.07, 6.45) is 7.77. The van der Waals surface area contributed by atoms with Crippen molar-refractivity contribution in [2.75, 3.05) is 18.0 Å². The fourth-order valence-electron chi connectivity index (χ4n) is 2.13. The highest BCUT2D eigenvalue weighted by Gasteiger charge is 2.25. The van der Waals surface area contributed by atoms with Gasteiger partial charge in [0.05, 0.1) is 0 Å². The van der Waals surface area contributed by atoms with Crippen molar-refractivity contribution in [3.63, 3.8) is 0 Å². The number of rotatable bonds is 4. The molecule has 1 heterocycles. The van der Waals surface area contributed by atoms with E-state index >= 15 is 0 Å². The average molecular weight is 205 g/mol. The fourth-order valence-corrected chi connectivity index (χ4v) is 2.13. The van der Waals surface area contributed by atoms with Crippen molar-refractivity contribution in [2.45, 2.75) is 32.2 Å². The highest BCUT2D eigenvalue weighted by Crippen LogP contribution is 2.30. The second-order valence-corrected chi connectivity index (χ2v) is 4.23. The molecule has 2 rings (SSSR count). The van der Waals surface area contributed by atoms with Gasteiger partial charge in [-0.25, -0.2) is 0 Å². The summed E-state index contributed by atoms with van der Waals surface area (Å²) >= 11 is 0. The van der Waals surface area contributed by atoms with Crippen molar-refractivity contribution >= 4 is 5.69 Å². The normalized spacial score (nSPS) is 16.1. The van der Waals surface area contributed by atoms with Crippen molar-refractivity contribution in [2.24, 2.45) is 5.73 Å². The van der Waals surface area contributed by atoms with Crippen molar-refractivity contribution < 1.29 is 0 Å². The Morgan fingerprint density at radius 2 is 2.33 bits per heavy atom. The third kappa shape index (κ3) is 2.12. The van der Waals surface area contributed by atoms with Crippen LogP contribution in [0.2, 0.25) is 0 Å². The van der Waals surface area contributed by atoms with E-state index in [2.05, 4.69) is 22.9 Å². The molecule has 1 aromatic heterocycles. The van der Waals surface area contributed by atoms with Crippen LogP contribution in [0.4, 0.5) is 5.69 Å². The predicted molar refractivity (Wildman–Crippen MR) is 63.0 cm³/mol. The molecule has 0 bridgehead atoms. The predicted octanol–water partition coefficient (Wildman–Crippen LogP) is 1.71. The monoisotopic (exact) mass is 205 g/mol. The van der Waals surface area contributed by atoms with E-state index in [1.807, 2.05) is 12.4 Å². The molecular formula is C12H19N3. The summed E-state index contributed by atoms with van der Waals surface area (Å²) in [6, 6.07) is 2.80. The third-order valence-corrected chi connectivity index (χ3v) is 3.19. The number of aromatic nitrogens is 1. The van der Waals surface area contributed by atoms with Crippen LogP contribution in [0.25, 0.3) is 0 Å². The van der Waals surface area contributed by atoms with E-state index in [4.69, 9.17) is 5.73 Å². The second kappa shape index (κ2) is 4.62. The van der Waals surface area contributed by atoms with Gasteiger partial charge in [-0.2, -0.15) is 0 Å². The van der Waals surface area contributed by atoms with Gasteiger partial charge < -0.3 is 10.6 Å². The topological polar surface area (TPSA) is 42.2 Å². The smallest absolute Gasteiger partial charge is 0.0429 e. The third-order valence-electron chi connectivity index (χ3n) is 3.19. The van der Waals surface area contributed by atoms with Gasteiger partial charge in [-0.3, -0.25) is 4.98 Å². The van der Waals surface area contributed by atoms with Crippen LogP contribution in [0, 0.1) is 6.92 Å². The van der Waals surface area contributed by atoms with E-state index in [-0.39, 0.29) is 0 Å². The molecule has 1 aromatic rings. The first kappa shape index (κ1) is 10.4. The van der Waals surface area contributed by atoms with E-state index in [0.717, 1.165) is 13.1 Å². The summed E-state index contributed by atoms with van der Waals surface area (Å²) in [5, 5.41) is 0. The Kier molecular flexibility index (Phi) is 3.21. The van der Waals surface area contributed by atoms with Crippen LogP contribution in [-0.4, -0.2) is 24.1 Å². The number of hydrogen-bond donors (Lipinski definition) is 1. The molecule has 0 amide bonds. The van der Waals surface area contributed by atoms with Crippen molar-refractivity contribution in [1.82, 2.24) is 4.98 Å². The first-order valence-corrected chi connectivity index (χ1v) is 5.70. The van der Waals surface area contributed by atoms with Crippen LogP contribution < -0.4 is 10.6 Å². The van der Waals surface area contributed by atoms with Crippen LogP contribution in [0.5, 0.6) is 0 Å². The Bertz CT molecular complexity index is 320. The van der Waals surface area contributed by atoms with Gasteiger partial charge in [0.1, 0.15) is 0 Å². The summed E-state index contributed by atoms with van der Waals surface area (Å²) < 4.78 is 0. The van der Waals surface area contributed by atoms with Gasteiger partial charge in [-0.05, 0) is 37.8 Å². The maximum absolute atomic E-state index is 5.68. The molecule has 3 heteroatoms. The van der Waals surface area contributed by atoms with Crippen molar-refractivity contribution in [1.29, 1.82) is 0 Å². The minimum absolute atomic E-state index is 0.703. The number of nitrogens with two attached hydrogens (primary N) is 1. The lowest BCUT2D eigenvalue weighted by atomic mass is 9.90. The molecule has 1 aliphatic carbocycles. The van der Waals surface area contributed by atoms with Gasteiger partial charge in [-0.1, -0.05) is 0 Å². The van der Waals surface area contributed by atoms with Crippen LogP contribution in [0.1, 0.15) is 24.8 Å². The van der Waals surface area contributed by atoms with Crippen LogP contribution in [0.3, 0.4) is 0 Å². The molecule has 1 saturated carbocycles. The van der Waals surface area contributed by atoms with Gasteiger partial charge in [0.25, 0.3) is 0 Å². The lowest BCUT2D eigenvalue weighted by Gasteiger charge is -2.39. The number of aryl methyl sites for hydroxylation is 1. The molecule has 0 unspecified atom stereocenters. The van der Waals surface area contributed by atoms with Crippen molar-refractivity contribution in [3.8, 4) is 0 Å². The van der Waals surface area contributed by atoms with Crippen LogP contribution in [-0.2, 0) is 0 Å². The first-order chi connectivity index (χ1) is 7.33. The molecule has 0 aromatic carbocycles. The number of hydrogen-bond acceptors (Lipinski definition) is 3. The Hall–Kier alpha value is -1.09. The van der Waals surface area contributed by atoms with E-state index in [0.29, 0.717) is 6.04 Å². The zero-order valence-corrected chi connectivity index (χ0v) is 9.32. The Morgan fingerprint density at radius 3 is 2.87 bits per heavy atom. The van der Waals surface area contributed by atoms with E-state index in [9.17, 15) is 0 Å². The molecule has 1 aliphatic rings. The Labute approximate surface area is 91.3 Å². The maximum Gasteiger partial charge on any atom is 0.0429 e. The Morgan fingerprint density at radius 1 is 1.53 bits per heavy atom. The summed E-state index contributed by atoms with van der Waals surface area (Å²) in [7, 11) is 0. The Balaban J connectivity index is 2.19. The van der Waals surface area contributed by atoms with Gasteiger partial charge in [0.15, 0.2) is 0 Å². The summed E-state index contributed by atoms with van der Waals surface area (Å²) in [4.78, 5) is 6.58.